The number of hydrogen-bond donors (Lipinski definition) is 1. The molecule has 1 aromatic carbocycles. The van der Waals surface area contributed by atoms with E-state index in [0.717, 1.165) is 49.5 Å². The van der Waals surface area contributed by atoms with Crippen molar-refractivity contribution < 1.29 is 4.79 Å². The summed E-state index contributed by atoms with van der Waals surface area (Å²) in [7, 11) is 1.80. The van der Waals surface area contributed by atoms with Gasteiger partial charge in [-0.1, -0.05) is 11.6 Å². The molecule has 0 spiro atoms. The van der Waals surface area contributed by atoms with Crippen molar-refractivity contribution in [2.75, 3.05) is 45.5 Å². The van der Waals surface area contributed by atoms with Crippen molar-refractivity contribution in [1.29, 1.82) is 0 Å². The van der Waals surface area contributed by atoms with Crippen molar-refractivity contribution in [3.05, 3.63) is 29.3 Å². The van der Waals surface area contributed by atoms with Crippen molar-refractivity contribution in [2.45, 2.75) is 11.8 Å². The van der Waals surface area contributed by atoms with E-state index in [2.05, 4.69) is 15.2 Å². The maximum atomic E-state index is 11.4. The summed E-state index contributed by atoms with van der Waals surface area (Å²) in [5.74, 6) is 2.01. The molecule has 1 heterocycles. The number of carbonyl (C=O) groups is 1. The summed E-state index contributed by atoms with van der Waals surface area (Å²) >= 11 is 7.67. The van der Waals surface area contributed by atoms with Crippen LogP contribution < -0.4 is 5.32 Å². The van der Waals surface area contributed by atoms with E-state index >= 15 is 0 Å². The number of thioether (sulfide) groups is 1. The number of nitrogens with one attached hydrogen (secondary N) is 1. The highest BCUT2D eigenvalue weighted by Gasteiger charge is 2.20. The second-order valence-electron chi connectivity index (χ2n) is 5.27. The van der Waals surface area contributed by atoms with Crippen molar-refractivity contribution >= 4 is 59.2 Å². The summed E-state index contributed by atoms with van der Waals surface area (Å²) in [5, 5.41) is 4.15. The van der Waals surface area contributed by atoms with Crippen LogP contribution in [0.15, 0.2) is 34.2 Å². The molecule has 0 atom stereocenters. The molecular weight excluding hydrogens is 459 g/mol. The minimum absolute atomic E-state index is 0. The lowest BCUT2D eigenvalue weighted by Gasteiger charge is -2.36. The Morgan fingerprint density at radius 2 is 1.79 bits per heavy atom. The Morgan fingerprint density at radius 3 is 2.33 bits per heavy atom. The Balaban J connectivity index is 0.00000288. The Kier molecular flexibility index (Phi) is 9.84. The normalized spacial score (nSPS) is 15.0. The zero-order valence-corrected chi connectivity index (χ0v) is 17.9. The highest BCUT2D eigenvalue weighted by atomic mass is 127. The first-order chi connectivity index (χ1) is 11.1. The van der Waals surface area contributed by atoms with Gasteiger partial charge in [0.1, 0.15) is 0 Å². The first-order valence-corrected chi connectivity index (χ1v) is 9.06. The molecular formula is C16H24ClIN4OS. The van der Waals surface area contributed by atoms with Gasteiger partial charge in [0.15, 0.2) is 5.96 Å². The molecule has 5 nitrogen and oxygen atoms in total. The van der Waals surface area contributed by atoms with E-state index in [1.807, 2.05) is 29.2 Å². The average Bonchev–Trinajstić information content (AvgIpc) is 2.57. The fourth-order valence-corrected chi connectivity index (χ4v) is 3.32. The summed E-state index contributed by atoms with van der Waals surface area (Å²) in [6.45, 7) is 5.63. The predicted octanol–water partition coefficient (Wildman–Crippen LogP) is 2.79. The standard InChI is InChI=1S/C16H23ClN4OS.HI/c1-13(22)20-8-10-21(11-9-20)16(18-2)19-7-12-23-15-5-3-14(17)4-6-15;/h3-6H,7-12H2,1-2H3,(H,18,19);1H. The van der Waals surface area contributed by atoms with Crippen LogP contribution in [-0.2, 0) is 4.79 Å². The lowest BCUT2D eigenvalue weighted by atomic mass is 10.3. The van der Waals surface area contributed by atoms with E-state index in [9.17, 15) is 4.79 Å². The van der Waals surface area contributed by atoms with Crippen molar-refractivity contribution in [1.82, 2.24) is 15.1 Å². The molecule has 1 aliphatic heterocycles. The van der Waals surface area contributed by atoms with Crippen LogP contribution in [0.2, 0.25) is 5.02 Å². The predicted molar refractivity (Wildman–Crippen MR) is 113 cm³/mol. The number of hydrogen-bond acceptors (Lipinski definition) is 3. The molecule has 0 saturated carbocycles. The van der Waals surface area contributed by atoms with Gasteiger partial charge in [-0.3, -0.25) is 9.79 Å². The van der Waals surface area contributed by atoms with Crippen molar-refractivity contribution in [3.8, 4) is 0 Å². The molecule has 0 radical (unpaired) electrons. The largest absolute Gasteiger partial charge is 0.355 e. The van der Waals surface area contributed by atoms with Gasteiger partial charge in [-0.25, -0.2) is 0 Å². The Hall–Kier alpha value is -0.670. The molecule has 0 unspecified atom stereocenters. The number of nitrogens with zero attached hydrogens (tertiary/aromatic N) is 3. The fourth-order valence-electron chi connectivity index (χ4n) is 2.43. The molecule has 2 rings (SSSR count). The first kappa shape index (κ1) is 21.4. The van der Waals surface area contributed by atoms with Gasteiger partial charge in [-0.15, -0.1) is 35.7 Å². The molecule has 0 aliphatic carbocycles. The monoisotopic (exact) mass is 482 g/mol. The zero-order valence-electron chi connectivity index (χ0n) is 14.0. The van der Waals surface area contributed by atoms with Crippen LogP contribution >= 0.6 is 47.3 Å². The summed E-state index contributed by atoms with van der Waals surface area (Å²) in [6, 6.07) is 7.88. The van der Waals surface area contributed by atoms with Crippen LogP contribution in [-0.4, -0.2) is 67.2 Å². The van der Waals surface area contributed by atoms with E-state index in [4.69, 9.17) is 11.6 Å². The van der Waals surface area contributed by atoms with Gasteiger partial charge >= 0.3 is 0 Å². The quantitative estimate of drug-likeness (QED) is 0.236. The molecule has 0 bridgehead atoms. The molecule has 0 aromatic heterocycles. The highest BCUT2D eigenvalue weighted by molar-refractivity contribution is 14.0. The van der Waals surface area contributed by atoms with Gasteiger partial charge < -0.3 is 15.1 Å². The molecule has 1 aliphatic rings. The number of halogens is 2. The Bertz CT molecular complexity index is 548. The molecule has 24 heavy (non-hydrogen) atoms. The van der Waals surface area contributed by atoms with Crippen LogP contribution in [0.3, 0.4) is 0 Å². The summed E-state index contributed by atoms with van der Waals surface area (Å²) < 4.78 is 0. The number of aliphatic imine (C=N–C) groups is 1. The minimum atomic E-state index is 0. The summed E-state index contributed by atoms with van der Waals surface area (Å²) in [4.78, 5) is 21.0. The molecule has 1 aromatic rings. The van der Waals surface area contributed by atoms with Crippen LogP contribution in [0, 0.1) is 0 Å². The molecule has 1 amide bonds. The van der Waals surface area contributed by atoms with E-state index in [1.165, 1.54) is 4.90 Å². The Morgan fingerprint density at radius 1 is 1.21 bits per heavy atom. The van der Waals surface area contributed by atoms with Gasteiger partial charge in [0, 0.05) is 62.4 Å². The molecule has 1 fully saturated rings. The molecule has 1 saturated heterocycles. The third-order valence-corrected chi connectivity index (χ3v) is 4.97. The van der Waals surface area contributed by atoms with Crippen molar-refractivity contribution in [2.24, 2.45) is 4.99 Å². The lowest BCUT2D eigenvalue weighted by molar-refractivity contribution is -0.130. The highest BCUT2D eigenvalue weighted by Crippen LogP contribution is 2.19. The van der Waals surface area contributed by atoms with Gasteiger partial charge in [0.2, 0.25) is 5.91 Å². The van der Waals surface area contributed by atoms with Crippen LogP contribution in [0.1, 0.15) is 6.92 Å². The van der Waals surface area contributed by atoms with Crippen LogP contribution in [0.25, 0.3) is 0 Å². The van der Waals surface area contributed by atoms with E-state index in [1.54, 1.807) is 25.7 Å². The lowest BCUT2D eigenvalue weighted by Crippen LogP contribution is -2.53. The van der Waals surface area contributed by atoms with Gasteiger partial charge in [-0.2, -0.15) is 0 Å². The smallest absolute Gasteiger partial charge is 0.219 e. The van der Waals surface area contributed by atoms with Gasteiger partial charge in [0.05, 0.1) is 0 Å². The SMILES string of the molecule is CN=C(NCCSc1ccc(Cl)cc1)N1CCN(C(C)=O)CC1.I. The summed E-state index contributed by atoms with van der Waals surface area (Å²) in [5.41, 5.74) is 0. The average molecular weight is 483 g/mol. The van der Waals surface area contributed by atoms with Crippen molar-refractivity contribution in [3.63, 3.8) is 0 Å². The zero-order chi connectivity index (χ0) is 16.7. The number of rotatable bonds is 4. The number of carbonyl (C=O) groups excluding carboxylic acids is 1. The maximum Gasteiger partial charge on any atom is 0.219 e. The van der Waals surface area contributed by atoms with Crippen LogP contribution in [0.5, 0.6) is 0 Å². The topological polar surface area (TPSA) is 47.9 Å². The summed E-state index contributed by atoms with van der Waals surface area (Å²) in [6.07, 6.45) is 0. The Labute approximate surface area is 170 Å². The number of piperazine rings is 1. The van der Waals surface area contributed by atoms with E-state index < -0.39 is 0 Å². The second kappa shape index (κ2) is 11.0. The van der Waals surface area contributed by atoms with E-state index in [0.29, 0.717) is 0 Å². The first-order valence-electron chi connectivity index (χ1n) is 7.69. The molecule has 1 N–H and O–H groups in total. The second-order valence-corrected chi connectivity index (χ2v) is 6.87. The number of benzene rings is 1. The number of amides is 1. The fraction of sp³-hybridized carbons (Fsp3) is 0.500. The minimum Gasteiger partial charge on any atom is -0.355 e. The number of guanidine groups is 1. The van der Waals surface area contributed by atoms with E-state index in [-0.39, 0.29) is 29.9 Å². The molecule has 134 valence electrons. The van der Waals surface area contributed by atoms with Gasteiger partial charge in [0.25, 0.3) is 0 Å². The maximum absolute atomic E-state index is 11.4. The third kappa shape index (κ3) is 6.68. The van der Waals surface area contributed by atoms with Gasteiger partial charge in [-0.05, 0) is 24.3 Å². The van der Waals surface area contributed by atoms with Crippen LogP contribution in [0.4, 0.5) is 0 Å². The molecule has 8 heteroatoms. The third-order valence-electron chi connectivity index (χ3n) is 3.70.